The van der Waals surface area contributed by atoms with Gasteiger partial charge >= 0.3 is 11.9 Å². The molecule has 0 aliphatic carbocycles. The summed E-state index contributed by atoms with van der Waals surface area (Å²) in [5.41, 5.74) is 10.8. The van der Waals surface area contributed by atoms with E-state index >= 15 is 0 Å². The number of esters is 1. The lowest BCUT2D eigenvalue weighted by atomic mass is 10.1. The molecular weight excluding hydrogens is 252 g/mol. The number of carbonyl (C=O) groups excluding carboxylic acids is 1. The topological polar surface area (TPSA) is 136 Å². The Morgan fingerprint density at radius 2 is 1.95 bits per heavy atom. The van der Waals surface area contributed by atoms with E-state index in [1.807, 2.05) is 0 Å². The van der Waals surface area contributed by atoms with Crippen molar-refractivity contribution in [1.82, 2.24) is 0 Å². The van der Waals surface area contributed by atoms with Crippen molar-refractivity contribution >= 4 is 11.9 Å². The Bertz CT molecular complexity index is 281. The Labute approximate surface area is 113 Å². The van der Waals surface area contributed by atoms with E-state index in [2.05, 4.69) is 11.3 Å². The first-order valence-corrected chi connectivity index (χ1v) is 5.98. The summed E-state index contributed by atoms with van der Waals surface area (Å²) in [6, 6.07) is -0.716. The quantitative estimate of drug-likeness (QED) is 0.269. The highest BCUT2D eigenvalue weighted by molar-refractivity contribution is 5.86. The molecule has 1 atom stereocenters. The smallest absolute Gasteiger partial charge is 0.333 e. The Balaban J connectivity index is 0. The van der Waals surface area contributed by atoms with Crippen LogP contribution in [0.2, 0.25) is 0 Å². The lowest BCUT2D eigenvalue weighted by Gasteiger charge is -2.03. The molecule has 0 radical (unpaired) electrons. The van der Waals surface area contributed by atoms with Crippen molar-refractivity contribution in [3.63, 3.8) is 0 Å². The number of carboxylic acids is 1. The summed E-state index contributed by atoms with van der Waals surface area (Å²) >= 11 is 0. The average molecular weight is 276 g/mol. The third-order valence-electron chi connectivity index (χ3n) is 1.96. The Morgan fingerprint density at radius 3 is 2.32 bits per heavy atom. The van der Waals surface area contributed by atoms with Crippen molar-refractivity contribution in [3.05, 3.63) is 12.2 Å². The van der Waals surface area contributed by atoms with Crippen LogP contribution in [0.25, 0.3) is 0 Å². The van der Waals surface area contributed by atoms with Gasteiger partial charge in [-0.2, -0.15) is 0 Å². The van der Waals surface area contributed by atoms with Crippen molar-refractivity contribution in [2.45, 2.75) is 32.2 Å². The molecule has 7 nitrogen and oxygen atoms in total. The Kier molecular flexibility index (Phi) is 13.6. The number of hydrogen-bond donors (Lipinski definition) is 4. The molecule has 0 aromatic rings. The molecule has 0 aliphatic heterocycles. The van der Waals surface area contributed by atoms with Crippen LogP contribution in [0.3, 0.4) is 0 Å². The number of hydrogen-bond acceptors (Lipinski definition) is 6. The lowest BCUT2D eigenvalue weighted by Crippen LogP contribution is -2.29. The van der Waals surface area contributed by atoms with Crippen LogP contribution in [0.1, 0.15) is 26.2 Å². The van der Waals surface area contributed by atoms with E-state index in [0.29, 0.717) is 18.5 Å². The van der Waals surface area contributed by atoms with Gasteiger partial charge < -0.3 is 26.4 Å². The first kappa shape index (κ1) is 19.9. The van der Waals surface area contributed by atoms with Gasteiger partial charge in [0.15, 0.2) is 0 Å². The monoisotopic (exact) mass is 276 g/mol. The van der Waals surface area contributed by atoms with Gasteiger partial charge in [0.1, 0.15) is 12.6 Å². The number of aliphatic hydroxyl groups excluding tert-OH is 1. The summed E-state index contributed by atoms with van der Waals surface area (Å²) < 4.78 is 4.46. The zero-order valence-corrected chi connectivity index (χ0v) is 11.3. The van der Waals surface area contributed by atoms with Crippen LogP contribution in [0, 0.1) is 0 Å². The minimum atomic E-state index is -0.933. The molecule has 0 heterocycles. The fourth-order valence-corrected chi connectivity index (χ4v) is 0.894. The zero-order valence-electron chi connectivity index (χ0n) is 11.3. The van der Waals surface area contributed by atoms with E-state index in [1.54, 1.807) is 6.92 Å². The van der Waals surface area contributed by atoms with E-state index < -0.39 is 18.0 Å². The maximum absolute atomic E-state index is 10.5. The summed E-state index contributed by atoms with van der Waals surface area (Å²) in [7, 11) is 0. The van der Waals surface area contributed by atoms with Crippen LogP contribution in [0.4, 0.5) is 0 Å². The summed E-state index contributed by atoms with van der Waals surface area (Å²) in [4.78, 5) is 20.6. The van der Waals surface area contributed by atoms with Gasteiger partial charge in [0.05, 0.1) is 6.61 Å². The van der Waals surface area contributed by atoms with E-state index in [-0.39, 0.29) is 13.2 Å². The number of nitrogens with two attached hydrogens (primary N) is 2. The average Bonchev–Trinajstić information content (AvgIpc) is 2.36. The van der Waals surface area contributed by atoms with Crippen molar-refractivity contribution in [1.29, 1.82) is 0 Å². The van der Waals surface area contributed by atoms with Gasteiger partial charge in [-0.05, 0) is 26.3 Å². The largest absolute Gasteiger partial charge is 0.480 e. The van der Waals surface area contributed by atoms with Gasteiger partial charge in [0.25, 0.3) is 0 Å². The van der Waals surface area contributed by atoms with Gasteiger partial charge in [0, 0.05) is 5.57 Å². The van der Waals surface area contributed by atoms with Crippen LogP contribution in [-0.4, -0.2) is 48.0 Å². The summed E-state index contributed by atoms with van der Waals surface area (Å²) in [5.74, 6) is -1.39. The van der Waals surface area contributed by atoms with Crippen LogP contribution in [0.5, 0.6) is 0 Å². The Hall–Kier alpha value is -1.44. The second kappa shape index (κ2) is 13.0. The third-order valence-corrected chi connectivity index (χ3v) is 1.96. The molecule has 0 unspecified atom stereocenters. The van der Waals surface area contributed by atoms with Gasteiger partial charge in [-0.15, -0.1) is 0 Å². The van der Waals surface area contributed by atoms with Crippen LogP contribution >= 0.6 is 0 Å². The van der Waals surface area contributed by atoms with Crippen LogP contribution in [-0.2, 0) is 14.3 Å². The van der Waals surface area contributed by atoms with Crippen molar-refractivity contribution < 1.29 is 24.5 Å². The first-order valence-electron chi connectivity index (χ1n) is 5.98. The van der Waals surface area contributed by atoms with Gasteiger partial charge in [0.2, 0.25) is 0 Å². The maximum Gasteiger partial charge on any atom is 0.333 e. The highest BCUT2D eigenvalue weighted by Gasteiger charge is 2.09. The molecule has 0 aliphatic rings. The molecule has 112 valence electrons. The van der Waals surface area contributed by atoms with Crippen molar-refractivity contribution in [3.8, 4) is 0 Å². The normalized spacial score (nSPS) is 10.9. The SMILES string of the molecule is C=C(C)C(=O)OCCO.NCCCC[C@H](N)C(=O)O. The number of rotatable bonds is 8. The molecule has 0 fully saturated rings. The highest BCUT2D eigenvalue weighted by Crippen LogP contribution is 1.97. The molecule has 6 N–H and O–H groups in total. The van der Waals surface area contributed by atoms with E-state index in [4.69, 9.17) is 21.7 Å². The Morgan fingerprint density at radius 1 is 1.37 bits per heavy atom. The number of unbranched alkanes of at least 4 members (excludes halogenated alkanes) is 1. The fourth-order valence-electron chi connectivity index (χ4n) is 0.894. The second-order valence-corrected chi connectivity index (χ2v) is 3.87. The predicted molar refractivity (Wildman–Crippen MR) is 71.4 cm³/mol. The number of aliphatic carboxylic acids is 1. The van der Waals surface area contributed by atoms with E-state index in [0.717, 1.165) is 12.8 Å². The molecule has 0 aromatic carbocycles. The summed E-state index contributed by atoms with van der Waals surface area (Å²) in [5, 5.41) is 16.5. The molecule has 0 spiro atoms. The summed E-state index contributed by atoms with van der Waals surface area (Å²) in [6.45, 7) is 5.42. The lowest BCUT2D eigenvalue weighted by molar-refractivity contribution is -0.140. The minimum absolute atomic E-state index is 0.0473. The van der Waals surface area contributed by atoms with Crippen LogP contribution < -0.4 is 11.5 Å². The molecule has 0 bridgehead atoms. The fraction of sp³-hybridized carbons (Fsp3) is 0.667. The molecule has 7 heteroatoms. The van der Waals surface area contributed by atoms with Gasteiger partial charge in [-0.25, -0.2) is 4.79 Å². The van der Waals surface area contributed by atoms with Gasteiger partial charge in [-0.1, -0.05) is 13.0 Å². The molecular formula is C12H24N2O5. The summed E-state index contributed by atoms with van der Waals surface area (Å²) in [6.07, 6.45) is 2.16. The number of carboxylic acid groups (broad SMARTS) is 1. The molecule has 0 saturated carbocycles. The predicted octanol–water partition coefficient (Wildman–Crippen LogP) is -0.375. The van der Waals surface area contributed by atoms with Crippen molar-refractivity contribution in [2.75, 3.05) is 19.8 Å². The van der Waals surface area contributed by atoms with Crippen LogP contribution in [0.15, 0.2) is 12.2 Å². The van der Waals surface area contributed by atoms with E-state index in [9.17, 15) is 9.59 Å². The first-order chi connectivity index (χ1) is 8.86. The molecule has 0 rings (SSSR count). The minimum Gasteiger partial charge on any atom is -0.480 e. The standard InChI is InChI=1S/C6H14N2O2.C6H10O3/c7-4-2-1-3-5(8)6(9)10;1-5(2)6(8)9-4-3-7/h5H,1-4,7-8H2,(H,9,10);7H,1,3-4H2,2H3/t5-;/m0./s1. The zero-order chi connectivity index (χ0) is 15.3. The third kappa shape index (κ3) is 14.5. The highest BCUT2D eigenvalue weighted by atomic mass is 16.5. The van der Waals surface area contributed by atoms with Crippen molar-refractivity contribution in [2.24, 2.45) is 11.5 Å². The number of aliphatic hydroxyl groups is 1. The molecule has 19 heavy (non-hydrogen) atoms. The second-order valence-electron chi connectivity index (χ2n) is 3.87. The van der Waals surface area contributed by atoms with Gasteiger partial charge in [-0.3, -0.25) is 4.79 Å². The number of carbonyl (C=O) groups is 2. The molecule has 0 aromatic heterocycles. The molecule has 0 saturated heterocycles. The maximum atomic E-state index is 10.5. The number of ether oxygens (including phenoxy) is 1. The molecule has 0 amide bonds. The van der Waals surface area contributed by atoms with E-state index in [1.165, 1.54) is 0 Å².